The monoisotopic (exact) mass is 395 g/mol. The number of ether oxygens (including phenoxy) is 1. The maximum Gasteiger partial charge on any atom is 0.276 e. The minimum Gasteiger partial charge on any atom is -0.489 e. The van der Waals surface area contributed by atoms with Crippen LogP contribution in [0.15, 0.2) is 28.8 Å². The number of hydrogen-bond donors (Lipinski definition) is 1. The molecular formula is C21H25N5O3. The smallest absolute Gasteiger partial charge is 0.276 e. The first-order chi connectivity index (χ1) is 14.0. The summed E-state index contributed by atoms with van der Waals surface area (Å²) >= 11 is 0. The van der Waals surface area contributed by atoms with Gasteiger partial charge in [-0.1, -0.05) is 22.9 Å². The molecule has 1 amide bonds. The molecule has 1 aromatic carbocycles. The van der Waals surface area contributed by atoms with Crippen LogP contribution in [0.2, 0.25) is 0 Å². The zero-order chi connectivity index (χ0) is 20.4. The van der Waals surface area contributed by atoms with Crippen LogP contribution < -0.4 is 4.74 Å². The molecule has 0 bridgehead atoms. The molecule has 4 rings (SSSR count). The van der Waals surface area contributed by atoms with E-state index < -0.39 is 0 Å². The minimum atomic E-state index is -0.117. The lowest BCUT2D eigenvalue weighted by molar-refractivity contribution is 0.0698. The molecule has 29 heavy (non-hydrogen) atoms. The summed E-state index contributed by atoms with van der Waals surface area (Å²) in [5.41, 5.74) is 2.20. The third kappa shape index (κ3) is 4.16. The number of aromatic nitrogens is 4. The van der Waals surface area contributed by atoms with E-state index >= 15 is 0 Å². The molecule has 0 spiro atoms. The van der Waals surface area contributed by atoms with Gasteiger partial charge in [0.1, 0.15) is 23.9 Å². The summed E-state index contributed by atoms with van der Waals surface area (Å²) in [7, 11) is 0. The Bertz CT molecular complexity index is 984. The second-order valence-electron chi connectivity index (χ2n) is 7.51. The predicted molar refractivity (Wildman–Crippen MR) is 106 cm³/mol. The van der Waals surface area contributed by atoms with Gasteiger partial charge in [0.15, 0.2) is 11.5 Å². The van der Waals surface area contributed by atoms with Crippen molar-refractivity contribution in [2.24, 2.45) is 0 Å². The summed E-state index contributed by atoms with van der Waals surface area (Å²) in [6.07, 6.45) is 1.66. The second kappa shape index (κ2) is 8.06. The van der Waals surface area contributed by atoms with Gasteiger partial charge in [0, 0.05) is 19.0 Å². The Morgan fingerprint density at radius 2 is 1.93 bits per heavy atom. The van der Waals surface area contributed by atoms with E-state index in [2.05, 4.69) is 20.3 Å². The van der Waals surface area contributed by atoms with Crippen molar-refractivity contribution in [2.75, 3.05) is 13.1 Å². The molecule has 3 aromatic rings. The molecule has 0 radical (unpaired) electrons. The van der Waals surface area contributed by atoms with Crippen LogP contribution in [0.5, 0.6) is 5.75 Å². The molecule has 0 saturated carbocycles. The number of H-pyrrole nitrogens is 1. The normalized spacial score (nSPS) is 14.9. The SMILES string of the molecule is Cc1ccc(OCc2c(C(=O)N3CCC(c4n[nH]c(C)n4)CC3)noc2C)cc1. The van der Waals surface area contributed by atoms with Gasteiger partial charge in [0.2, 0.25) is 0 Å². The van der Waals surface area contributed by atoms with Crippen molar-refractivity contribution >= 4 is 5.91 Å². The van der Waals surface area contributed by atoms with Crippen LogP contribution in [0.25, 0.3) is 0 Å². The van der Waals surface area contributed by atoms with Crippen molar-refractivity contribution in [2.45, 2.75) is 46.1 Å². The zero-order valence-corrected chi connectivity index (χ0v) is 16.9. The molecule has 0 atom stereocenters. The van der Waals surface area contributed by atoms with Crippen molar-refractivity contribution < 1.29 is 14.1 Å². The van der Waals surface area contributed by atoms with E-state index in [4.69, 9.17) is 9.26 Å². The molecule has 0 aliphatic carbocycles. The molecule has 8 heteroatoms. The second-order valence-corrected chi connectivity index (χ2v) is 7.51. The van der Waals surface area contributed by atoms with Crippen LogP contribution in [0.1, 0.15) is 57.8 Å². The molecular weight excluding hydrogens is 370 g/mol. The highest BCUT2D eigenvalue weighted by Crippen LogP contribution is 2.27. The molecule has 2 aromatic heterocycles. The van der Waals surface area contributed by atoms with Gasteiger partial charge in [-0.3, -0.25) is 9.89 Å². The van der Waals surface area contributed by atoms with Gasteiger partial charge in [-0.15, -0.1) is 0 Å². The van der Waals surface area contributed by atoms with Gasteiger partial charge in [-0.2, -0.15) is 5.10 Å². The van der Waals surface area contributed by atoms with Gasteiger partial charge in [-0.05, 0) is 45.7 Å². The van der Waals surface area contributed by atoms with E-state index in [0.717, 1.165) is 35.8 Å². The van der Waals surface area contributed by atoms with Crippen molar-refractivity contribution in [1.29, 1.82) is 0 Å². The molecule has 8 nitrogen and oxygen atoms in total. The van der Waals surface area contributed by atoms with Crippen LogP contribution in [0, 0.1) is 20.8 Å². The van der Waals surface area contributed by atoms with Crippen LogP contribution in [-0.2, 0) is 6.61 Å². The first-order valence-corrected chi connectivity index (χ1v) is 9.84. The third-order valence-corrected chi connectivity index (χ3v) is 5.35. The molecule has 1 saturated heterocycles. The van der Waals surface area contributed by atoms with Gasteiger partial charge in [0.05, 0.1) is 5.56 Å². The third-order valence-electron chi connectivity index (χ3n) is 5.35. The maximum absolute atomic E-state index is 13.0. The van der Waals surface area contributed by atoms with Gasteiger partial charge in [-0.25, -0.2) is 4.98 Å². The number of carbonyl (C=O) groups excluding carboxylic acids is 1. The van der Waals surface area contributed by atoms with Crippen molar-refractivity contribution in [1.82, 2.24) is 25.2 Å². The Balaban J connectivity index is 1.41. The zero-order valence-electron chi connectivity index (χ0n) is 16.9. The van der Waals surface area contributed by atoms with Crippen LogP contribution in [0.4, 0.5) is 0 Å². The number of aryl methyl sites for hydroxylation is 3. The Hall–Kier alpha value is -3.16. The number of nitrogens with one attached hydrogen (secondary N) is 1. The van der Waals surface area contributed by atoms with Crippen LogP contribution in [-0.4, -0.2) is 44.2 Å². The highest BCUT2D eigenvalue weighted by Gasteiger charge is 2.30. The van der Waals surface area contributed by atoms with Gasteiger partial charge < -0.3 is 14.2 Å². The highest BCUT2D eigenvalue weighted by atomic mass is 16.5. The number of aromatic amines is 1. The van der Waals surface area contributed by atoms with E-state index in [-0.39, 0.29) is 18.4 Å². The van der Waals surface area contributed by atoms with E-state index in [1.54, 1.807) is 6.92 Å². The number of likely N-dealkylation sites (tertiary alicyclic amines) is 1. The van der Waals surface area contributed by atoms with Crippen LogP contribution in [0.3, 0.4) is 0 Å². The summed E-state index contributed by atoms with van der Waals surface area (Å²) in [6.45, 7) is 7.24. The average molecular weight is 395 g/mol. The van der Waals surface area contributed by atoms with Gasteiger partial charge in [0.25, 0.3) is 5.91 Å². The molecule has 3 heterocycles. The first-order valence-electron chi connectivity index (χ1n) is 9.84. The van der Waals surface area contributed by atoms with Gasteiger partial charge >= 0.3 is 0 Å². The summed E-state index contributed by atoms with van der Waals surface area (Å²) in [6, 6.07) is 7.80. The molecule has 152 valence electrons. The first kappa shape index (κ1) is 19.2. The Morgan fingerprint density at radius 1 is 1.21 bits per heavy atom. The van der Waals surface area contributed by atoms with Crippen molar-refractivity contribution in [3.63, 3.8) is 0 Å². The van der Waals surface area contributed by atoms with Crippen molar-refractivity contribution in [3.05, 3.63) is 58.5 Å². The molecule has 1 aliphatic rings. The average Bonchev–Trinajstić information content (AvgIpc) is 3.33. The summed E-state index contributed by atoms with van der Waals surface area (Å²) in [5.74, 6) is 3.15. The Morgan fingerprint density at radius 3 is 2.59 bits per heavy atom. The topological polar surface area (TPSA) is 97.1 Å². The fourth-order valence-corrected chi connectivity index (χ4v) is 3.55. The number of rotatable bonds is 5. The van der Waals surface area contributed by atoms with Crippen molar-refractivity contribution in [3.8, 4) is 5.75 Å². The standard InChI is InChI=1S/C21H25N5O3/c1-13-4-6-17(7-5-13)28-12-18-14(2)29-25-19(18)21(27)26-10-8-16(9-11-26)20-22-15(3)23-24-20/h4-7,16H,8-12H2,1-3H3,(H,22,23,24). The van der Waals surface area contributed by atoms with E-state index in [9.17, 15) is 4.79 Å². The summed E-state index contributed by atoms with van der Waals surface area (Å²) < 4.78 is 11.2. The number of amides is 1. The lowest BCUT2D eigenvalue weighted by atomic mass is 9.96. The fourth-order valence-electron chi connectivity index (χ4n) is 3.55. The Kier molecular flexibility index (Phi) is 5.33. The molecule has 1 aliphatic heterocycles. The number of carbonyl (C=O) groups is 1. The number of nitrogens with zero attached hydrogens (tertiary/aromatic N) is 4. The predicted octanol–water partition coefficient (Wildman–Crippen LogP) is 3.32. The van der Waals surface area contributed by atoms with E-state index in [1.165, 1.54) is 0 Å². The molecule has 1 fully saturated rings. The fraction of sp³-hybridized carbons (Fsp3) is 0.429. The quantitative estimate of drug-likeness (QED) is 0.712. The van der Waals surface area contributed by atoms with E-state index in [0.29, 0.717) is 30.1 Å². The maximum atomic E-state index is 13.0. The van der Waals surface area contributed by atoms with E-state index in [1.807, 2.05) is 43.0 Å². The largest absolute Gasteiger partial charge is 0.489 e. The summed E-state index contributed by atoms with van der Waals surface area (Å²) in [5, 5.41) is 11.2. The number of benzene rings is 1. The Labute approximate surface area is 169 Å². The highest BCUT2D eigenvalue weighted by molar-refractivity contribution is 5.93. The summed E-state index contributed by atoms with van der Waals surface area (Å²) in [4.78, 5) is 19.3. The lowest BCUT2D eigenvalue weighted by Gasteiger charge is -2.30. The lowest BCUT2D eigenvalue weighted by Crippen LogP contribution is -2.38. The molecule has 1 N–H and O–H groups in total. The molecule has 0 unspecified atom stereocenters. The number of hydrogen-bond acceptors (Lipinski definition) is 6. The minimum absolute atomic E-state index is 0.117. The van der Waals surface area contributed by atoms with Crippen LogP contribution >= 0.6 is 0 Å². The number of piperidine rings is 1.